The quantitative estimate of drug-likeness (QED) is 0.558. The van der Waals surface area contributed by atoms with Crippen LogP contribution >= 0.6 is 0 Å². The summed E-state index contributed by atoms with van der Waals surface area (Å²) < 4.78 is 0. The molecule has 174 valence electrons. The second-order valence-corrected chi connectivity index (χ2v) is 8.47. The number of rotatable bonds is 7. The lowest BCUT2D eigenvalue weighted by Gasteiger charge is -2.31. The molecule has 0 radical (unpaired) electrons. The predicted molar refractivity (Wildman–Crippen MR) is 133 cm³/mol. The molecule has 0 aromatic heterocycles. The van der Waals surface area contributed by atoms with Crippen LogP contribution in [0.4, 0.5) is 5.69 Å². The maximum Gasteiger partial charge on any atom is 0.255 e. The van der Waals surface area contributed by atoms with Crippen molar-refractivity contribution in [1.29, 1.82) is 0 Å². The van der Waals surface area contributed by atoms with Crippen molar-refractivity contribution in [2.24, 2.45) is 0 Å². The number of benzene rings is 3. The van der Waals surface area contributed by atoms with Crippen LogP contribution in [-0.2, 0) is 11.2 Å². The zero-order valence-electron chi connectivity index (χ0n) is 19.1. The largest absolute Gasteiger partial charge is 0.341 e. The van der Waals surface area contributed by atoms with E-state index in [0.29, 0.717) is 36.3 Å². The lowest BCUT2D eigenvalue weighted by atomic mass is 10.0. The highest BCUT2D eigenvalue weighted by Crippen LogP contribution is 2.18. The SMILES string of the molecule is O=C(Nc1ccccc1C(=O)N[C@@H](Cc1ccccc1)C(=O)N1CCCCC1)c1ccccc1. The van der Waals surface area contributed by atoms with E-state index in [0.717, 1.165) is 24.8 Å². The normalized spacial score (nSPS) is 14.2. The second-order valence-electron chi connectivity index (χ2n) is 8.47. The lowest BCUT2D eigenvalue weighted by Crippen LogP contribution is -2.51. The first-order valence-corrected chi connectivity index (χ1v) is 11.7. The second kappa shape index (κ2) is 11.3. The minimum absolute atomic E-state index is 0.0669. The number of para-hydroxylation sites is 1. The molecule has 1 aliphatic rings. The van der Waals surface area contributed by atoms with Crippen molar-refractivity contribution in [3.8, 4) is 0 Å². The number of hydrogen-bond acceptors (Lipinski definition) is 3. The number of likely N-dealkylation sites (tertiary alicyclic amines) is 1. The fraction of sp³-hybridized carbons (Fsp3) is 0.250. The van der Waals surface area contributed by atoms with Crippen molar-refractivity contribution >= 4 is 23.4 Å². The Morgan fingerprint density at radius 3 is 2.06 bits per heavy atom. The van der Waals surface area contributed by atoms with E-state index >= 15 is 0 Å². The van der Waals surface area contributed by atoms with Gasteiger partial charge in [0.25, 0.3) is 11.8 Å². The third-order valence-corrected chi connectivity index (χ3v) is 6.01. The zero-order valence-corrected chi connectivity index (χ0v) is 19.1. The fourth-order valence-corrected chi connectivity index (χ4v) is 4.19. The molecule has 1 fully saturated rings. The summed E-state index contributed by atoms with van der Waals surface area (Å²) in [4.78, 5) is 41.2. The van der Waals surface area contributed by atoms with Crippen molar-refractivity contribution in [3.05, 3.63) is 102 Å². The molecule has 6 heteroatoms. The molecule has 6 nitrogen and oxygen atoms in total. The highest BCUT2D eigenvalue weighted by atomic mass is 16.2. The Balaban J connectivity index is 1.54. The Kier molecular flexibility index (Phi) is 7.71. The van der Waals surface area contributed by atoms with E-state index in [1.54, 1.807) is 48.5 Å². The monoisotopic (exact) mass is 455 g/mol. The van der Waals surface area contributed by atoms with Gasteiger partial charge in [0.2, 0.25) is 5.91 Å². The summed E-state index contributed by atoms with van der Waals surface area (Å²) >= 11 is 0. The Hall–Kier alpha value is -3.93. The van der Waals surface area contributed by atoms with Gasteiger partial charge in [-0.25, -0.2) is 0 Å². The van der Waals surface area contributed by atoms with Crippen molar-refractivity contribution in [2.75, 3.05) is 18.4 Å². The number of piperidine rings is 1. The van der Waals surface area contributed by atoms with Crippen LogP contribution < -0.4 is 10.6 Å². The zero-order chi connectivity index (χ0) is 23.8. The molecule has 0 saturated carbocycles. The summed E-state index contributed by atoms with van der Waals surface area (Å²) in [6.07, 6.45) is 3.48. The number of carbonyl (C=O) groups excluding carboxylic acids is 3. The fourth-order valence-electron chi connectivity index (χ4n) is 4.19. The van der Waals surface area contributed by atoms with Crippen molar-refractivity contribution in [2.45, 2.75) is 31.7 Å². The van der Waals surface area contributed by atoms with Crippen LogP contribution in [0.2, 0.25) is 0 Å². The molecule has 1 saturated heterocycles. The molecule has 1 atom stereocenters. The number of amides is 3. The summed E-state index contributed by atoms with van der Waals surface area (Å²) in [5.41, 5.74) is 2.19. The number of nitrogens with one attached hydrogen (secondary N) is 2. The smallest absolute Gasteiger partial charge is 0.255 e. The van der Waals surface area contributed by atoms with Crippen molar-refractivity contribution in [3.63, 3.8) is 0 Å². The van der Waals surface area contributed by atoms with Gasteiger partial charge in [0.05, 0.1) is 11.3 Å². The number of nitrogens with zero attached hydrogens (tertiary/aromatic N) is 1. The molecule has 1 aliphatic heterocycles. The van der Waals surface area contributed by atoms with Gasteiger partial charge in [0.1, 0.15) is 6.04 Å². The van der Waals surface area contributed by atoms with E-state index in [-0.39, 0.29) is 11.8 Å². The van der Waals surface area contributed by atoms with Gasteiger partial charge in [-0.2, -0.15) is 0 Å². The Morgan fingerprint density at radius 2 is 1.35 bits per heavy atom. The highest BCUT2D eigenvalue weighted by molar-refractivity contribution is 6.09. The molecule has 3 amide bonds. The average Bonchev–Trinajstić information content (AvgIpc) is 2.89. The molecule has 0 aliphatic carbocycles. The minimum Gasteiger partial charge on any atom is -0.341 e. The Bertz CT molecular complexity index is 1130. The van der Waals surface area contributed by atoms with E-state index < -0.39 is 11.9 Å². The summed E-state index contributed by atoms with van der Waals surface area (Å²) in [5.74, 6) is -0.760. The van der Waals surface area contributed by atoms with Gasteiger partial charge in [-0.3, -0.25) is 14.4 Å². The summed E-state index contributed by atoms with van der Waals surface area (Å²) in [7, 11) is 0. The van der Waals surface area contributed by atoms with Gasteiger partial charge >= 0.3 is 0 Å². The standard InChI is InChI=1S/C28H29N3O3/c32-26(22-14-6-2-7-15-22)29-24-17-9-8-16-23(24)27(33)30-25(20-21-12-4-1-5-13-21)28(34)31-18-10-3-11-19-31/h1-2,4-9,12-17,25H,3,10-11,18-20H2,(H,29,32)(H,30,33)/t25-/m0/s1. The summed E-state index contributed by atoms with van der Waals surface area (Å²) in [6.45, 7) is 1.42. The highest BCUT2D eigenvalue weighted by Gasteiger charge is 2.28. The summed E-state index contributed by atoms with van der Waals surface area (Å²) in [5, 5.41) is 5.78. The van der Waals surface area contributed by atoms with Crippen LogP contribution in [0.15, 0.2) is 84.9 Å². The number of hydrogen-bond donors (Lipinski definition) is 2. The molecule has 3 aromatic carbocycles. The van der Waals surface area contributed by atoms with Crippen molar-refractivity contribution < 1.29 is 14.4 Å². The van der Waals surface area contributed by atoms with E-state index in [9.17, 15) is 14.4 Å². The van der Waals surface area contributed by atoms with Crippen molar-refractivity contribution in [1.82, 2.24) is 10.2 Å². The van der Waals surface area contributed by atoms with E-state index in [4.69, 9.17) is 0 Å². The maximum atomic E-state index is 13.4. The molecule has 0 spiro atoms. The number of carbonyl (C=O) groups is 3. The predicted octanol–water partition coefficient (Wildman–Crippen LogP) is 4.29. The van der Waals surface area contributed by atoms with Gasteiger partial charge < -0.3 is 15.5 Å². The molecule has 34 heavy (non-hydrogen) atoms. The molecule has 0 unspecified atom stereocenters. The molecule has 1 heterocycles. The molecule has 2 N–H and O–H groups in total. The van der Waals surface area contributed by atoms with Gasteiger partial charge in [-0.15, -0.1) is 0 Å². The third-order valence-electron chi connectivity index (χ3n) is 6.01. The van der Waals surface area contributed by atoms with Crippen LogP contribution in [0.3, 0.4) is 0 Å². The van der Waals surface area contributed by atoms with Gasteiger partial charge in [-0.05, 0) is 49.1 Å². The van der Waals surface area contributed by atoms with Crippen LogP contribution in [0.1, 0.15) is 45.5 Å². The van der Waals surface area contributed by atoms with Gasteiger partial charge in [0.15, 0.2) is 0 Å². The first-order chi connectivity index (χ1) is 16.6. The Morgan fingerprint density at radius 1 is 0.735 bits per heavy atom. The van der Waals surface area contributed by atoms with Gasteiger partial charge in [-0.1, -0.05) is 60.7 Å². The first kappa shape index (κ1) is 23.2. The minimum atomic E-state index is -0.689. The molecule has 3 aromatic rings. The first-order valence-electron chi connectivity index (χ1n) is 11.7. The van der Waals surface area contributed by atoms with E-state index in [2.05, 4.69) is 10.6 Å². The number of anilines is 1. The molecule has 0 bridgehead atoms. The third kappa shape index (κ3) is 5.90. The van der Waals surface area contributed by atoms with Crippen LogP contribution in [0.5, 0.6) is 0 Å². The van der Waals surface area contributed by atoms with E-state index in [1.165, 1.54) is 0 Å². The summed E-state index contributed by atoms with van der Waals surface area (Å²) in [6, 6.07) is 24.7. The topological polar surface area (TPSA) is 78.5 Å². The molecular formula is C28H29N3O3. The van der Waals surface area contributed by atoms with E-state index in [1.807, 2.05) is 41.3 Å². The van der Waals surface area contributed by atoms with Crippen LogP contribution in [0.25, 0.3) is 0 Å². The maximum absolute atomic E-state index is 13.4. The van der Waals surface area contributed by atoms with Crippen LogP contribution in [0, 0.1) is 0 Å². The lowest BCUT2D eigenvalue weighted by molar-refractivity contribution is -0.134. The van der Waals surface area contributed by atoms with Gasteiger partial charge in [0, 0.05) is 25.1 Å². The molecule has 4 rings (SSSR count). The van der Waals surface area contributed by atoms with Crippen LogP contribution in [-0.4, -0.2) is 41.8 Å². The average molecular weight is 456 g/mol. The molecular weight excluding hydrogens is 426 g/mol. The Labute approximate surface area is 200 Å².